The van der Waals surface area contributed by atoms with Crippen LogP contribution in [0.2, 0.25) is 0 Å². The number of hydrogen-bond acceptors (Lipinski definition) is 9. The maximum atomic E-state index is 12.0. The van der Waals surface area contributed by atoms with E-state index in [0.29, 0.717) is 32.5 Å². The summed E-state index contributed by atoms with van der Waals surface area (Å²) in [5.41, 5.74) is -2.45. The molecule has 11 nitrogen and oxygen atoms in total. The normalized spacial score (nSPS) is 13.4. The molecule has 2 atom stereocenters. The summed E-state index contributed by atoms with van der Waals surface area (Å²) in [6.45, 7) is 4.54. The minimum Gasteiger partial charge on any atom is -0.481 e. The first-order valence-electron chi connectivity index (χ1n) is 14.2. The molecule has 0 aromatic carbocycles. The van der Waals surface area contributed by atoms with E-state index >= 15 is 0 Å². The molecule has 2 N–H and O–H groups in total. The first kappa shape index (κ1) is 37.0. The predicted molar refractivity (Wildman–Crippen MR) is 146 cm³/mol. The molecular formula is C27H49O11P. The average molecular weight is 581 g/mol. The lowest BCUT2D eigenvalue weighted by Crippen LogP contribution is -2.44. The summed E-state index contributed by atoms with van der Waals surface area (Å²) in [5.74, 6) is -4.52. The Hall–Kier alpha value is -1.97. The molecule has 228 valence electrons. The van der Waals surface area contributed by atoms with E-state index < -0.39 is 44.4 Å². The van der Waals surface area contributed by atoms with Crippen LogP contribution in [0.5, 0.6) is 0 Å². The van der Waals surface area contributed by atoms with Crippen LogP contribution in [0.15, 0.2) is 0 Å². The van der Waals surface area contributed by atoms with Crippen LogP contribution < -0.4 is 0 Å². The Morgan fingerprint density at radius 1 is 0.667 bits per heavy atom. The van der Waals surface area contributed by atoms with Crippen molar-refractivity contribution in [3.63, 3.8) is 0 Å². The monoisotopic (exact) mass is 580 g/mol. The fraction of sp³-hybridized carbons (Fsp3) is 0.852. The summed E-state index contributed by atoms with van der Waals surface area (Å²) < 4.78 is 31.9. The number of carboxylic acid groups (broad SMARTS) is 2. The second kappa shape index (κ2) is 23.9. The first-order valence-corrected chi connectivity index (χ1v) is 16.0. The molecule has 0 heterocycles. The summed E-state index contributed by atoms with van der Waals surface area (Å²) in [4.78, 5) is 46.4. The molecule has 39 heavy (non-hydrogen) atoms. The van der Waals surface area contributed by atoms with Crippen molar-refractivity contribution in [2.75, 3.05) is 33.1 Å². The molecular weight excluding hydrogens is 531 g/mol. The number of carbonyl (C=O) groups is 4. The number of ether oxygens (including phenoxy) is 3. The number of aliphatic carboxylic acids is 2. The van der Waals surface area contributed by atoms with Crippen molar-refractivity contribution in [3.05, 3.63) is 0 Å². The van der Waals surface area contributed by atoms with Gasteiger partial charge in [0.15, 0.2) is 13.6 Å². The fourth-order valence-electron chi connectivity index (χ4n) is 3.95. The Balaban J connectivity index is 3.78. The van der Waals surface area contributed by atoms with Crippen molar-refractivity contribution >= 4 is 31.9 Å². The Morgan fingerprint density at radius 2 is 1.21 bits per heavy atom. The van der Waals surface area contributed by atoms with E-state index in [1.165, 1.54) is 51.4 Å². The fourth-order valence-corrected chi connectivity index (χ4v) is 4.73. The first-order chi connectivity index (χ1) is 18.6. The van der Waals surface area contributed by atoms with Crippen molar-refractivity contribution in [3.8, 4) is 0 Å². The molecule has 0 amide bonds. The smallest absolute Gasteiger partial charge is 0.337 e. The highest BCUT2D eigenvalue weighted by molar-refractivity contribution is 7.38. The zero-order valence-electron chi connectivity index (χ0n) is 23.7. The third kappa shape index (κ3) is 21.5. The molecule has 0 radical (unpaired) electrons. The molecule has 0 aliphatic carbocycles. The van der Waals surface area contributed by atoms with E-state index in [-0.39, 0.29) is 25.6 Å². The molecule has 0 aliphatic rings. The van der Waals surface area contributed by atoms with Gasteiger partial charge in [0.1, 0.15) is 6.61 Å². The lowest BCUT2D eigenvalue weighted by molar-refractivity contribution is -0.168. The summed E-state index contributed by atoms with van der Waals surface area (Å²) in [7, 11) is -2.84. The lowest BCUT2D eigenvalue weighted by atomic mass is 9.96. The van der Waals surface area contributed by atoms with Gasteiger partial charge in [0.2, 0.25) is 0 Å². The Labute approximate surface area is 233 Å². The molecule has 0 fully saturated rings. The number of unbranched alkanes of at least 4 members (excludes halogenated alkanes) is 11. The number of esters is 2. The van der Waals surface area contributed by atoms with Crippen LogP contribution >= 0.6 is 8.03 Å². The molecule has 0 aliphatic heterocycles. The Morgan fingerprint density at radius 3 is 1.77 bits per heavy atom. The molecule has 12 heteroatoms. The number of rotatable bonds is 27. The van der Waals surface area contributed by atoms with E-state index in [1.807, 2.05) is 0 Å². The molecule has 0 saturated heterocycles. The lowest BCUT2D eigenvalue weighted by Gasteiger charge is -2.26. The zero-order chi connectivity index (χ0) is 29.4. The van der Waals surface area contributed by atoms with Crippen molar-refractivity contribution < 1.29 is 52.7 Å². The average Bonchev–Trinajstić information content (AvgIpc) is 2.85. The van der Waals surface area contributed by atoms with Gasteiger partial charge in [-0.3, -0.25) is 18.9 Å². The molecule has 2 unspecified atom stereocenters. The van der Waals surface area contributed by atoms with Gasteiger partial charge in [0, 0.05) is 19.7 Å². The number of carboxylic acids is 2. The molecule has 0 spiro atoms. The Kier molecular flexibility index (Phi) is 22.7. The molecule has 0 saturated carbocycles. The number of hydrogen-bond donors (Lipinski definition) is 2. The van der Waals surface area contributed by atoms with E-state index in [0.717, 1.165) is 19.5 Å². The SMILES string of the molecule is CCCCCCCCCCCCOCCOC(=O)CCCCCOC(=O)CC(CC(=O)O)(O[PH](C)=O)C(=O)O. The predicted octanol–water partition coefficient (Wildman–Crippen LogP) is 5.38. The van der Waals surface area contributed by atoms with E-state index in [1.54, 1.807) is 0 Å². The third-order valence-corrected chi connectivity index (χ3v) is 6.69. The van der Waals surface area contributed by atoms with Crippen molar-refractivity contribution in [2.45, 2.75) is 115 Å². The number of carbonyl (C=O) groups excluding carboxylic acids is 2. The highest BCUT2D eigenvalue weighted by Crippen LogP contribution is 2.33. The maximum Gasteiger partial charge on any atom is 0.337 e. The van der Waals surface area contributed by atoms with Crippen LogP contribution in [0.4, 0.5) is 0 Å². The van der Waals surface area contributed by atoms with E-state index in [9.17, 15) is 28.8 Å². The van der Waals surface area contributed by atoms with Crippen LogP contribution in [-0.2, 0) is 42.5 Å². The largest absolute Gasteiger partial charge is 0.481 e. The third-order valence-electron chi connectivity index (χ3n) is 6.02. The van der Waals surface area contributed by atoms with Gasteiger partial charge in [-0.1, -0.05) is 64.7 Å². The minimum absolute atomic E-state index is 0.0369. The van der Waals surface area contributed by atoms with Crippen molar-refractivity contribution in [1.29, 1.82) is 0 Å². The van der Waals surface area contributed by atoms with Crippen LogP contribution in [0.3, 0.4) is 0 Å². The van der Waals surface area contributed by atoms with Gasteiger partial charge in [-0.15, -0.1) is 0 Å². The maximum absolute atomic E-state index is 12.0. The summed E-state index contributed by atoms with van der Waals surface area (Å²) in [5, 5.41) is 18.3. The standard InChI is InChI=1S/C27H49O11P/c1-3-4-5-6-7-8-9-10-11-14-17-35-19-20-37-24(30)16-13-12-15-18-36-25(31)22-27(26(32)33,21-23(28)29)38-39(2)34/h39H,3-22H2,1-2H3,(H,28,29)(H,32,33). The van der Waals surface area contributed by atoms with Gasteiger partial charge in [-0.05, 0) is 25.7 Å². The molecule has 0 bridgehead atoms. The second-order valence-electron chi connectivity index (χ2n) is 9.69. The van der Waals surface area contributed by atoms with Gasteiger partial charge < -0.3 is 28.9 Å². The van der Waals surface area contributed by atoms with Crippen molar-refractivity contribution in [2.24, 2.45) is 0 Å². The van der Waals surface area contributed by atoms with E-state index in [2.05, 4.69) is 6.92 Å². The topological polar surface area (TPSA) is 163 Å². The van der Waals surface area contributed by atoms with E-state index in [4.69, 9.17) is 23.8 Å². The quantitative estimate of drug-likeness (QED) is 0.0728. The molecule has 0 aromatic rings. The highest BCUT2D eigenvalue weighted by Gasteiger charge is 2.46. The van der Waals surface area contributed by atoms with Crippen LogP contribution in [-0.4, -0.2) is 72.8 Å². The van der Waals surface area contributed by atoms with Gasteiger partial charge in [-0.25, -0.2) is 4.79 Å². The van der Waals surface area contributed by atoms with Gasteiger partial charge in [-0.2, -0.15) is 0 Å². The van der Waals surface area contributed by atoms with Crippen LogP contribution in [0, 0.1) is 0 Å². The summed E-state index contributed by atoms with van der Waals surface area (Å²) in [6.07, 6.45) is 12.5. The van der Waals surface area contributed by atoms with Gasteiger partial charge in [0.05, 0.1) is 26.1 Å². The second-order valence-corrected chi connectivity index (χ2v) is 10.9. The van der Waals surface area contributed by atoms with Gasteiger partial charge >= 0.3 is 23.9 Å². The summed E-state index contributed by atoms with van der Waals surface area (Å²) >= 11 is 0. The Bertz CT molecular complexity index is 711. The van der Waals surface area contributed by atoms with Gasteiger partial charge in [0.25, 0.3) is 0 Å². The van der Waals surface area contributed by atoms with Crippen molar-refractivity contribution in [1.82, 2.24) is 0 Å². The van der Waals surface area contributed by atoms with Crippen LogP contribution in [0.1, 0.15) is 110 Å². The zero-order valence-corrected chi connectivity index (χ0v) is 24.7. The van der Waals surface area contributed by atoms with Crippen LogP contribution in [0.25, 0.3) is 0 Å². The molecule has 0 aromatic heterocycles. The highest BCUT2D eigenvalue weighted by atomic mass is 31.1. The molecule has 0 rings (SSSR count). The minimum atomic E-state index is -2.84. The summed E-state index contributed by atoms with van der Waals surface area (Å²) in [6, 6.07) is 0.